The molecule has 1 saturated heterocycles. The Morgan fingerprint density at radius 1 is 0.926 bits per heavy atom. The van der Waals surface area contributed by atoms with Gasteiger partial charge in [0.05, 0.1) is 5.69 Å². The zero-order chi connectivity index (χ0) is 18.4. The Kier molecular flexibility index (Phi) is 3.94. The number of hydrogen-bond acceptors (Lipinski definition) is 1. The molecule has 0 spiro atoms. The number of halogens is 2. The molecule has 27 heavy (non-hydrogen) atoms. The first kappa shape index (κ1) is 16.5. The van der Waals surface area contributed by atoms with Gasteiger partial charge in [-0.25, -0.2) is 8.78 Å². The van der Waals surface area contributed by atoms with Crippen LogP contribution in [0.4, 0.5) is 8.78 Å². The fraction of sp³-hybridized carbons (Fsp3) is 0.217. The summed E-state index contributed by atoms with van der Waals surface area (Å²) in [4.78, 5) is 3.37. The van der Waals surface area contributed by atoms with Crippen molar-refractivity contribution >= 4 is 21.7 Å². The highest BCUT2D eigenvalue weighted by Crippen LogP contribution is 2.40. The molecule has 4 heteroatoms. The van der Waals surface area contributed by atoms with E-state index in [2.05, 4.69) is 40.6 Å². The van der Waals surface area contributed by atoms with Crippen LogP contribution in [0.2, 0.25) is 0 Å². The van der Waals surface area contributed by atoms with Crippen molar-refractivity contribution in [1.82, 2.24) is 10.3 Å². The normalized spacial score (nSPS) is 20.4. The maximum atomic E-state index is 14.8. The van der Waals surface area contributed by atoms with Crippen molar-refractivity contribution in [3.05, 3.63) is 72.0 Å². The lowest BCUT2D eigenvalue weighted by Crippen LogP contribution is -2.36. The number of alkyl halides is 1. The Morgan fingerprint density at radius 3 is 2.63 bits per heavy atom. The van der Waals surface area contributed by atoms with Crippen molar-refractivity contribution in [3.8, 4) is 11.3 Å². The van der Waals surface area contributed by atoms with E-state index in [1.807, 2.05) is 12.1 Å². The van der Waals surface area contributed by atoms with Crippen molar-refractivity contribution in [2.45, 2.75) is 18.5 Å². The number of hydrogen-bond donors (Lipinski definition) is 2. The van der Waals surface area contributed by atoms with Crippen LogP contribution in [0.1, 0.15) is 17.9 Å². The minimum atomic E-state index is -0.908. The molecule has 0 aliphatic carbocycles. The average Bonchev–Trinajstić information content (AvgIpc) is 3.06. The van der Waals surface area contributed by atoms with Crippen LogP contribution >= 0.6 is 0 Å². The van der Waals surface area contributed by atoms with Crippen LogP contribution in [-0.4, -0.2) is 24.2 Å². The van der Waals surface area contributed by atoms with E-state index >= 15 is 0 Å². The van der Waals surface area contributed by atoms with Gasteiger partial charge in [-0.3, -0.25) is 0 Å². The number of aromatic nitrogens is 1. The van der Waals surface area contributed by atoms with Crippen LogP contribution in [0.3, 0.4) is 0 Å². The SMILES string of the molecule is Fc1ccc2c([C@@H]3CNCC[C@H]3F)c(-c3ccc4ccccc4c3)[nH]c2c1. The van der Waals surface area contributed by atoms with Gasteiger partial charge in [0, 0.05) is 23.4 Å². The number of rotatable bonds is 2. The number of nitrogens with one attached hydrogen (secondary N) is 2. The first-order valence-corrected chi connectivity index (χ1v) is 9.36. The Morgan fingerprint density at radius 2 is 1.78 bits per heavy atom. The fourth-order valence-electron chi connectivity index (χ4n) is 4.26. The molecule has 1 fully saturated rings. The highest BCUT2D eigenvalue weighted by Gasteiger charge is 2.31. The minimum absolute atomic E-state index is 0.251. The van der Waals surface area contributed by atoms with E-state index < -0.39 is 6.17 Å². The van der Waals surface area contributed by atoms with Gasteiger partial charge >= 0.3 is 0 Å². The fourth-order valence-corrected chi connectivity index (χ4v) is 4.26. The minimum Gasteiger partial charge on any atom is -0.354 e. The molecule has 0 bridgehead atoms. The summed E-state index contributed by atoms with van der Waals surface area (Å²) >= 11 is 0. The van der Waals surface area contributed by atoms with Crippen molar-refractivity contribution in [2.24, 2.45) is 0 Å². The summed E-state index contributed by atoms with van der Waals surface area (Å²) in [6.45, 7) is 1.28. The molecule has 0 saturated carbocycles. The topological polar surface area (TPSA) is 27.8 Å². The second-order valence-electron chi connectivity index (χ2n) is 7.28. The third kappa shape index (κ3) is 2.81. The monoisotopic (exact) mass is 362 g/mol. The molecule has 2 heterocycles. The van der Waals surface area contributed by atoms with Gasteiger partial charge in [-0.15, -0.1) is 0 Å². The lowest BCUT2D eigenvalue weighted by atomic mass is 9.86. The first-order chi connectivity index (χ1) is 13.2. The van der Waals surface area contributed by atoms with E-state index in [-0.39, 0.29) is 11.7 Å². The number of benzene rings is 3. The molecule has 1 aliphatic heterocycles. The molecule has 4 aromatic rings. The van der Waals surface area contributed by atoms with Gasteiger partial charge in [0.15, 0.2) is 0 Å². The van der Waals surface area contributed by atoms with E-state index in [1.165, 1.54) is 12.1 Å². The van der Waals surface area contributed by atoms with E-state index in [0.29, 0.717) is 25.0 Å². The van der Waals surface area contributed by atoms with E-state index in [0.717, 1.165) is 33.0 Å². The third-order valence-corrected chi connectivity index (χ3v) is 5.61. The van der Waals surface area contributed by atoms with Crippen molar-refractivity contribution in [3.63, 3.8) is 0 Å². The average molecular weight is 362 g/mol. The number of H-pyrrole nitrogens is 1. The van der Waals surface area contributed by atoms with Gasteiger partial charge in [-0.05, 0) is 59.1 Å². The third-order valence-electron chi connectivity index (χ3n) is 5.61. The molecule has 0 radical (unpaired) electrons. The summed E-state index contributed by atoms with van der Waals surface area (Å²) in [5.74, 6) is -0.543. The number of piperidine rings is 1. The highest BCUT2D eigenvalue weighted by molar-refractivity contribution is 5.94. The van der Waals surface area contributed by atoms with E-state index in [4.69, 9.17) is 0 Å². The van der Waals surface area contributed by atoms with Crippen LogP contribution in [-0.2, 0) is 0 Å². The standard InChI is InChI=1S/C23H20F2N2/c24-17-7-8-18-21(12-17)27-23(22(18)19-13-26-10-9-20(19)25)16-6-5-14-3-1-2-4-15(14)11-16/h1-8,11-12,19-20,26-27H,9-10,13H2/t19-,20-/m1/s1. The molecule has 1 aliphatic rings. The van der Waals surface area contributed by atoms with Crippen LogP contribution < -0.4 is 5.32 Å². The van der Waals surface area contributed by atoms with Gasteiger partial charge in [0.25, 0.3) is 0 Å². The Bertz CT molecular complexity index is 1130. The molecule has 5 rings (SSSR count). The lowest BCUT2D eigenvalue weighted by Gasteiger charge is -2.27. The van der Waals surface area contributed by atoms with Crippen molar-refractivity contribution in [1.29, 1.82) is 0 Å². The Labute approximate surface area is 156 Å². The van der Waals surface area contributed by atoms with Gasteiger partial charge in [0.1, 0.15) is 12.0 Å². The summed E-state index contributed by atoms with van der Waals surface area (Å²) in [7, 11) is 0. The van der Waals surface area contributed by atoms with Crippen molar-refractivity contribution < 1.29 is 8.78 Å². The summed E-state index contributed by atoms with van der Waals surface area (Å²) in [5, 5.41) is 6.50. The quantitative estimate of drug-likeness (QED) is 0.481. The smallest absolute Gasteiger partial charge is 0.125 e. The second kappa shape index (κ2) is 6.46. The Hall–Kier alpha value is -2.72. The molecule has 0 amide bonds. The zero-order valence-corrected chi connectivity index (χ0v) is 14.8. The van der Waals surface area contributed by atoms with E-state index in [1.54, 1.807) is 6.07 Å². The lowest BCUT2D eigenvalue weighted by molar-refractivity contribution is 0.229. The molecule has 1 aromatic heterocycles. The van der Waals surface area contributed by atoms with Crippen LogP contribution in [0.15, 0.2) is 60.7 Å². The molecule has 2 N–H and O–H groups in total. The highest BCUT2D eigenvalue weighted by atomic mass is 19.1. The molecular weight excluding hydrogens is 342 g/mol. The van der Waals surface area contributed by atoms with E-state index in [9.17, 15) is 8.78 Å². The van der Waals surface area contributed by atoms with Gasteiger partial charge in [0.2, 0.25) is 0 Å². The summed E-state index contributed by atoms with van der Waals surface area (Å²) in [6.07, 6.45) is -0.412. The van der Waals surface area contributed by atoms with Gasteiger partial charge in [-0.1, -0.05) is 36.4 Å². The van der Waals surface area contributed by atoms with Crippen LogP contribution in [0.25, 0.3) is 32.9 Å². The predicted octanol–water partition coefficient (Wildman–Crippen LogP) is 5.54. The van der Waals surface area contributed by atoms with Gasteiger partial charge < -0.3 is 10.3 Å². The zero-order valence-electron chi connectivity index (χ0n) is 14.8. The molecule has 2 atom stereocenters. The largest absolute Gasteiger partial charge is 0.354 e. The Balaban J connectivity index is 1.75. The second-order valence-corrected chi connectivity index (χ2v) is 7.28. The predicted molar refractivity (Wildman–Crippen MR) is 106 cm³/mol. The maximum Gasteiger partial charge on any atom is 0.125 e. The summed E-state index contributed by atoms with van der Waals surface area (Å²) in [6, 6.07) is 19.1. The van der Waals surface area contributed by atoms with Crippen LogP contribution in [0, 0.1) is 5.82 Å². The maximum absolute atomic E-state index is 14.8. The first-order valence-electron chi connectivity index (χ1n) is 9.36. The summed E-state index contributed by atoms with van der Waals surface area (Å²) < 4.78 is 28.6. The molecule has 136 valence electrons. The van der Waals surface area contributed by atoms with Crippen molar-refractivity contribution in [2.75, 3.05) is 13.1 Å². The molecular formula is C23H20F2N2. The van der Waals surface area contributed by atoms with Gasteiger partial charge in [-0.2, -0.15) is 0 Å². The number of fused-ring (bicyclic) bond motifs is 2. The molecule has 0 unspecified atom stereocenters. The molecule has 2 nitrogen and oxygen atoms in total. The molecule has 3 aromatic carbocycles. The van der Waals surface area contributed by atoms with Crippen LogP contribution in [0.5, 0.6) is 0 Å². The number of aromatic amines is 1. The summed E-state index contributed by atoms with van der Waals surface area (Å²) in [5.41, 5.74) is 3.54.